The third-order valence-corrected chi connectivity index (χ3v) is 4.72. The van der Waals surface area contributed by atoms with Crippen molar-refractivity contribution in [3.05, 3.63) is 18.0 Å². The van der Waals surface area contributed by atoms with Crippen molar-refractivity contribution in [3.63, 3.8) is 0 Å². The molecule has 1 aromatic heterocycles. The number of rotatable bonds is 3. The summed E-state index contributed by atoms with van der Waals surface area (Å²) in [5, 5.41) is 4.31. The van der Waals surface area contributed by atoms with Gasteiger partial charge in [-0.05, 0) is 25.5 Å². The summed E-state index contributed by atoms with van der Waals surface area (Å²) in [5.74, 6) is 0.866. The van der Waals surface area contributed by atoms with Crippen molar-refractivity contribution >= 4 is 5.91 Å². The van der Waals surface area contributed by atoms with Gasteiger partial charge >= 0.3 is 0 Å². The summed E-state index contributed by atoms with van der Waals surface area (Å²) in [6.07, 6.45) is 3.89. The lowest BCUT2D eigenvalue weighted by atomic mass is 9.96. The SMILES string of the molecule is Cc1cnn(C[C@@H]2CN(C(=O)[C@@H]3CN(C)C[C@@H]3C)CCO2)c1. The monoisotopic (exact) mass is 306 g/mol. The Morgan fingerprint density at radius 2 is 2.23 bits per heavy atom. The van der Waals surface area contributed by atoms with Gasteiger partial charge in [0.05, 0.1) is 31.4 Å². The molecule has 2 aliphatic heterocycles. The summed E-state index contributed by atoms with van der Waals surface area (Å²) in [4.78, 5) is 17.0. The van der Waals surface area contributed by atoms with Crippen LogP contribution in [0.2, 0.25) is 0 Å². The fourth-order valence-corrected chi connectivity index (χ4v) is 3.57. The Morgan fingerprint density at radius 1 is 1.41 bits per heavy atom. The first-order valence-electron chi connectivity index (χ1n) is 8.11. The molecule has 0 bridgehead atoms. The van der Waals surface area contributed by atoms with Gasteiger partial charge < -0.3 is 14.5 Å². The molecule has 0 saturated carbocycles. The number of carbonyl (C=O) groups excluding carboxylic acids is 1. The number of aromatic nitrogens is 2. The second-order valence-corrected chi connectivity index (χ2v) is 6.82. The van der Waals surface area contributed by atoms with E-state index in [-0.39, 0.29) is 12.0 Å². The molecule has 22 heavy (non-hydrogen) atoms. The summed E-state index contributed by atoms with van der Waals surface area (Å²) < 4.78 is 7.72. The van der Waals surface area contributed by atoms with E-state index in [4.69, 9.17) is 4.74 Å². The number of hydrogen-bond donors (Lipinski definition) is 0. The highest BCUT2D eigenvalue weighted by molar-refractivity contribution is 5.79. The van der Waals surface area contributed by atoms with Crippen LogP contribution < -0.4 is 0 Å². The van der Waals surface area contributed by atoms with E-state index in [0.717, 1.165) is 18.7 Å². The van der Waals surface area contributed by atoms with Crippen LogP contribution in [0.25, 0.3) is 0 Å². The molecule has 0 unspecified atom stereocenters. The Kier molecular flexibility index (Phi) is 4.49. The van der Waals surface area contributed by atoms with Crippen LogP contribution in [0.3, 0.4) is 0 Å². The summed E-state index contributed by atoms with van der Waals surface area (Å²) >= 11 is 0. The van der Waals surface area contributed by atoms with Crippen LogP contribution in [0, 0.1) is 18.8 Å². The molecular formula is C16H26N4O2. The summed E-state index contributed by atoms with van der Waals surface area (Å²) in [6, 6.07) is 0. The van der Waals surface area contributed by atoms with E-state index in [1.165, 1.54) is 0 Å². The van der Waals surface area contributed by atoms with E-state index < -0.39 is 0 Å². The molecule has 0 spiro atoms. The van der Waals surface area contributed by atoms with E-state index in [2.05, 4.69) is 24.0 Å². The Hall–Kier alpha value is -1.40. The quantitative estimate of drug-likeness (QED) is 0.821. The smallest absolute Gasteiger partial charge is 0.227 e. The molecule has 0 radical (unpaired) electrons. The Balaban J connectivity index is 1.59. The highest BCUT2D eigenvalue weighted by Gasteiger charge is 2.37. The number of morpholine rings is 1. The van der Waals surface area contributed by atoms with Gasteiger partial charge in [-0.3, -0.25) is 9.48 Å². The number of ether oxygens (including phenoxy) is 1. The third-order valence-electron chi connectivity index (χ3n) is 4.72. The van der Waals surface area contributed by atoms with Gasteiger partial charge in [0.15, 0.2) is 0 Å². The molecule has 1 aromatic rings. The average Bonchev–Trinajstić information content (AvgIpc) is 3.04. The standard InChI is InChI=1S/C16H26N4O2/c1-12-6-17-20(7-12)10-14-9-19(4-5-22-14)16(21)15-11-18(3)8-13(15)2/h6-7,13-15H,4-5,8-11H2,1-3H3/t13-,14-,15+/m0/s1. The van der Waals surface area contributed by atoms with Crippen molar-refractivity contribution in [1.82, 2.24) is 19.6 Å². The molecule has 0 aromatic carbocycles. The van der Waals surface area contributed by atoms with E-state index in [1.807, 2.05) is 28.9 Å². The Bertz CT molecular complexity index is 530. The summed E-state index contributed by atoms with van der Waals surface area (Å²) in [7, 11) is 2.09. The number of carbonyl (C=O) groups is 1. The van der Waals surface area contributed by atoms with Gasteiger partial charge in [0.25, 0.3) is 0 Å². The number of hydrogen-bond acceptors (Lipinski definition) is 4. The number of likely N-dealkylation sites (tertiary alicyclic amines) is 1. The van der Waals surface area contributed by atoms with Gasteiger partial charge in [0.2, 0.25) is 5.91 Å². The van der Waals surface area contributed by atoms with Crippen LogP contribution in [-0.2, 0) is 16.1 Å². The molecule has 3 rings (SSSR count). The van der Waals surface area contributed by atoms with Crippen LogP contribution in [0.1, 0.15) is 12.5 Å². The third kappa shape index (κ3) is 3.33. The second-order valence-electron chi connectivity index (χ2n) is 6.82. The molecule has 3 atom stereocenters. The highest BCUT2D eigenvalue weighted by Crippen LogP contribution is 2.24. The van der Waals surface area contributed by atoms with Crippen molar-refractivity contribution in [2.24, 2.45) is 11.8 Å². The minimum atomic E-state index is 0.0337. The molecule has 0 N–H and O–H groups in total. The Morgan fingerprint density at radius 3 is 2.86 bits per heavy atom. The van der Waals surface area contributed by atoms with Crippen LogP contribution in [-0.4, -0.2) is 71.4 Å². The van der Waals surface area contributed by atoms with Gasteiger partial charge in [-0.1, -0.05) is 6.92 Å². The van der Waals surface area contributed by atoms with Crippen LogP contribution >= 0.6 is 0 Å². The first-order valence-corrected chi connectivity index (χ1v) is 8.11. The Labute approximate surface area is 132 Å². The van der Waals surface area contributed by atoms with Crippen molar-refractivity contribution in [3.8, 4) is 0 Å². The zero-order chi connectivity index (χ0) is 15.7. The van der Waals surface area contributed by atoms with E-state index >= 15 is 0 Å². The molecule has 0 aliphatic carbocycles. The van der Waals surface area contributed by atoms with Crippen molar-refractivity contribution in [1.29, 1.82) is 0 Å². The van der Waals surface area contributed by atoms with Crippen LogP contribution in [0.4, 0.5) is 0 Å². The van der Waals surface area contributed by atoms with Crippen molar-refractivity contribution < 1.29 is 9.53 Å². The number of amides is 1. The lowest BCUT2D eigenvalue weighted by molar-refractivity contribution is -0.144. The lowest BCUT2D eigenvalue weighted by Crippen LogP contribution is -2.50. The predicted molar refractivity (Wildman–Crippen MR) is 83.4 cm³/mol. The van der Waals surface area contributed by atoms with E-state index in [0.29, 0.717) is 38.1 Å². The van der Waals surface area contributed by atoms with Crippen LogP contribution in [0.15, 0.2) is 12.4 Å². The van der Waals surface area contributed by atoms with Gasteiger partial charge in [-0.25, -0.2) is 0 Å². The first-order chi connectivity index (χ1) is 10.5. The molecule has 2 saturated heterocycles. The molecule has 1 amide bonds. The lowest BCUT2D eigenvalue weighted by Gasteiger charge is -2.35. The number of aryl methyl sites for hydroxylation is 1. The average molecular weight is 306 g/mol. The molecular weight excluding hydrogens is 280 g/mol. The summed E-state index contributed by atoms with van der Waals surface area (Å²) in [6.45, 7) is 8.79. The fourth-order valence-electron chi connectivity index (χ4n) is 3.57. The zero-order valence-electron chi connectivity index (χ0n) is 13.7. The molecule has 122 valence electrons. The first kappa shape index (κ1) is 15.5. The minimum absolute atomic E-state index is 0.0337. The van der Waals surface area contributed by atoms with Crippen molar-refractivity contribution in [2.45, 2.75) is 26.5 Å². The topological polar surface area (TPSA) is 50.6 Å². The van der Waals surface area contributed by atoms with Gasteiger partial charge in [0.1, 0.15) is 0 Å². The maximum atomic E-state index is 12.8. The van der Waals surface area contributed by atoms with Gasteiger partial charge in [-0.2, -0.15) is 5.10 Å². The molecule has 3 heterocycles. The van der Waals surface area contributed by atoms with Crippen LogP contribution in [0.5, 0.6) is 0 Å². The maximum absolute atomic E-state index is 12.8. The normalized spacial score (nSPS) is 30.0. The van der Waals surface area contributed by atoms with E-state index in [9.17, 15) is 4.79 Å². The zero-order valence-corrected chi connectivity index (χ0v) is 13.7. The van der Waals surface area contributed by atoms with Gasteiger partial charge in [0, 0.05) is 32.4 Å². The molecule has 6 heteroatoms. The predicted octanol–water partition coefficient (Wildman–Crippen LogP) is 0.617. The highest BCUT2D eigenvalue weighted by atomic mass is 16.5. The van der Waals surface area contributed by atoms with Crippen molar-refractivity contribution in [2.75, 3.05) is 39.8 Å². The second kappa shape index (κ2) is 6.38. The molecule has 2 fully saturated rings. The maximum Gasteiger partial charge on any atom is 0.227 e. The largest absolute Gasteiger partial charge is 0.373 e. The van der Waals surface area contributed by atoms with E-state index in [1.54, 1.807) is 0 Å². The summed E-state index contributed by atoms with van der Waals surface area (Å²) in [5.41, 5.74) is 1.14. The fraction of sp³-hybridized carbons (Fsp3) is 0.750. The minimum Gasteiger partial charge on any atom is -0.373 e. The molecule has 6 nitrogen and oxygen atoms in total. The molecule has 2 aliphatic rings. The number of nitrogens with zero attached hydrogens (tertiary/aromatic N) is 4. The van der Waals surface area contributed by atoms with Gasteiger partial charge in [-0.15, -0.1) is 0 Å².